The second-order valence-corrected chi connectivity index (χ2v) is 5.15. The Balaban J connectivity index is 2.08. The van der Waals surface area contributed by atoms with Crippen molar-refractivity contribution in [2.24, 2.45) is 0 Å². The Morgan fingerprint density at radius 2 is 2.05 bits per heavy atom. The highest BCUT2D eigenvalue weighted by Crippen LogP contribution is 2.15. The molecule has 0 bridgehead atoms. The van der Waals surface area contributed by atoms with E-state index in [0.29, 0.717) is 11.3 Å². The molecule has 4 heteroatoms. The minimum absolute atomic E-state index is 0.102. The summed E-state index contributed by atoms with van der Waals surface area (Å²) in [5.41, 5.74) is 8.29. The standard InChI is InChI=1S/C15H23N3O/c1-3-17-7-4-8-18(10-9-17)15(19)13-6-5-12(2)14(16)11-13/h5-6,11H,3-4,7-10,16H2,1-2H3. The van der Waals surface area contributed by atoms with Crippen LogP contribution in [0.15, 0.2) is 18.2 Å². The van der Waals surface area contributed by atoms with Crippen molar-refractivity contribution >= 4 is 11.6 Å². The van der Waals surface area contributed by atoms with E-state index in [4.69, 9.17) is 5.73 Å². The second kappa shape index (κ2) is 6.06. The van der Waals surface area contributed by atoms with E-state index in [1.165, 1.54) is 0 Å². The van der Waals surface area contributed by atoms with E-state index in [9.17, 15) is 4.79 Å². The third-order valence-corrected chi connectivity index (χ3v) is 3.85. The number of aryl methyl sites for hydroxylation is 1. The summed E-state index contributed by atoms with van der Waals surface area (Å²) in [5.74, 6) is 0.102. The number of amides is 1. The molecule has 0 saturated carbocycles. The van der Waals surface area contributed by atoms with Gasteiger partial charge in [-0.3, -0.25) is 4.79 Å². The molecular weight excluding hydrogens is 238 g/mol. The van der Waals surface area contributed by atoms with Gasteiger partial charge in [0.1, 0.15) is 0 Å². The first-order valence-electron chi connectivity index (χ1n) is 6.99. The predicted molar refractivity (Wildman–Crippen MR) is 78.2 cm³/mol. The number of hydrogen-bond acceptors (Lipinski definition) is 3. The maximum Gasteiger partial charge on any atom is 0.253 e. The fraction of sp³-hybridized carbons (Fsp3) is 0.533. The van der Waals surface area contributed by atoms with Crippen LogP contribution in [0.3, 0.4) is 0 Å². The summed E-state index contributed by atoms with van der Waals surface area (Å²) >= 11 is 0. The van der Waals surface area contributed by atoms with Crippen molar-refractivity contribution in [3.63, 3.8) is 0 Å². The van der Waals surface area contributed by atoms with Crippen LogP contribution < -0.4 is 5.73 Å². The molecule has 1 fully saturated rings. The molecule has 1 amide bonds. The molecule has 1 aliphatic heterocycles. The Kier molecular flexibility index (Phi) is 4.43. The molecule has 0 aromatic heterocycles. The minimum atomic E-state index is 0.102. The molecule has 19 heavy (non-hydrogen) atoms. The molecule has 2 N–H and O–H groups in total. The van der Waals surface area contributed by atoms with Crippen molar-refractivity contribution < 1.29 is 4.79 Å². The van der Waals surface area contributed by atoms with Gasteiger partial charge in [-0.25, -0.2) is 0 Å². The molecule has 1 aromatic rings. The lowest BCUT2D eigenvalue weighted by atomic mass is 10.1. The largest absolute Gasteiger partial charge is 0.398 e. The third kappa shape index (κ3) is 3.26. The van der Waals surface area contributed by atoms with Crippen LogP contribution in [0, 0.1) is 6.92 Å². The van der Waals surface area contributed by atoms with Crippen LogP contribution in [0.5, 0.6) is 0 Å². The summed E-state index contributed by atoms with van der Waals surface area (Å²) in [4.78, 5) is 16.8. The molecule has 1 heterocycles. The zero-order chi connectivity index (χ0) is 13.8. The molecule has 0 unspecified atom stereocenters. The third-order valence-electron chi connectivity index (χ3n) is 3.85. The number of nitrogen functional groups attached to an aromatic ring is 1. The van der Waals surface area contributed by atoms with E-state index in [0.717, 1.165) is 44.7 Å². The van der Waals surface area contributed by atoms with E-state index >= 15 is 0 Å². The number of carbonyl (C=O) groups excluding carboxylic acids is 1. The molecule has 0 spiro atoms. The first kappa shape index (κ1) is 13.9. The highest BCUT2D eigenvalue weighted by molar-refractivity contribution is 5.95. The van der Waals surface area contributed by atoms with Crippen LogP contribution in [0.2, 0.25) is 0 Å². The number of likely N-dealkylation sites (N-methyl/N-ethyl adjacent to an activating group) is 1. The highest BCUT2D eigenvalue weighted by Gasteiger charge is 2.19. The zero-order valence-electron chi connectivity index (χ0n) is 11.9. The molecule has 1 aromatic carbocycles. The van der Waals surface area contributed by atoms with Gasteiger partial charge in [0.15, 0.2) is 0 Å². The van der Waals surface area contributed by atoms with Gasteiger partial charge < -0.3 is 15.5 Å². The van der Waals surface area contributed by atoms with E-state index < -0.39 is 0 Å². The Morgan fingerprint density at radius 1 is 1.26 bits per heavy atom. The van der Waals surface area contributed by atoms with E-state index in [2.05, 4.69) is 11.8 Å². The lowest BCUT2D eigenvalue weighted by Gasteiger charge is -2.21. The fourth-order valence-corrected chi connectivity index (χ4v) is 2.45. The number of nitrogens with two attached hydrogens (primary N) is 1. The van der Waals surface area contributed by atoms with E-state index in [-0.39, 0.29) is 5.91 Å². The van der Waals surface area contributed by atoms with Gasteiger partial charge in [0.25, 0.3) is 5.91 Å². The van der Waals surface area contributed by atoms with Crippen LogP contribution in [-0.4, -0.2) is 48.4 Å². The number of hydrogen-bond donors (Lipinski definition) is 1. The summed E-state index contributed by atoms with van der Waals surface area (Å²) in [5, 5.41) is 0. The van der Waals surface area contributed by atoms with Crippen molar-refractivity contribution in [2.75, 3.05) is 38.5 Å². The summed E-state index contributed by atoms with van der Waals surface area (Å²) in [7, 11) is 0. The number of nitrogens with zero attached hydrogens (tertiary/aromatic N) is 2. The average molecular weight is 261 g/mol. The molecule has 104 valence electrons. The molecule has 1 saturated heterocycles. The Labute approximate surface area is 115 Å². The molecule has 2 rings (SSSR count). The van der Waals surface area contributed by atoms with Crippen molar-refractivity contribution in [1.82, 2.24) is 9.80 Å². The molecular formula is C15H23N3O. The predicted octanol–water partition coefficient (Wildman–Crippen LogP) is 1.75. The van der Waals surface area contributed by atoms with Gasteiger partial charge >= 0.3 is 0 Å². The average Bonchev–Trinajstić information content (AvgIpc) is 2.66. The van der Waals surface area contributed by atoms with Gasteiger partial charge in [-0.15, -0.1) is 0 Å². The molecule has 0 aliphatic carbocycles. The summed E-state index contributed by atoms with van der Waals surface area (Å²) in [6.45, 7) is 8.86. The highest BCUT2D eigenvalue weighted by atomic mass is 16.2. The maximum atomic E-state index is 12.5. The Bertz CT molecular complexity index is 459. The van der Waals surface area contributed by atoms with Crippen LogP contribution in [-0.2, 0) is 0 Å². The Hall–Kier alpha value is -1.55. The second-order valence-electron chi connectivity index (χ2n) is 5.15. The molecule has 1 aliphatic rings. The number of rotatable bonds is 2. The smallest absolute Gasteiger partial charge is 0.253 e. The van der Waals surface area contributed by atoms with Crippen molar-refractivity contribution in [1.29, 1.82) is 0 Å². The van der Waals surface area contributed by atoms with E-state index in [1.807, 2.05) is 24.0 Å². The molecule has 0 atom stereocenters. The monoisotopic (exact) mass is 261 g/mol. The molecule has 4 nitrogen and oxygen atoms in total. The number of benzene rings is 1. The number of carbonyl (C=O) groups is 1. The van der Waals surface area contributed by atoms with Crippen LogP contribution in [0.25, 0.3) is 0 Å². The van der Waals surface area contributed by atoms with Gasteiger partial charge in [0.05, 0.1) is 0 Å². The summed E-state index contributed by atoms with van der Waals surface area (Å²) in [6.07, 6.45) is 1.04. The Morgan fingerprint density at radius 3 is 2.74 bits per heavy atom. The van der Waals surface area contributed by atoms with Crippen molar-refractivity contribution in [3.8, 4) is 0 Å². The lowest BCUT2D eigenvalue weighted by molar-refractivity contribution is 0.0762. The van der Waals surface area contributed by atoms with Crippen LogP contribution in [0.4, 0.5) is 5.69 Å². The first-order chi connectivity index (χ1) is 9.11. The summed E-state index contributed by atoms with van der Waals surface area (Å²) in [6, 6.07) is 5.58. The number of anilines is 1. The SMILES string of the molecule is CCN1CCCN(C(=O)c2ccc(C)c(N)c2)CC1. The quantitative estimate of drug-likeness (QED) is 0.825. The van der Waals surface area contributed by atoms with Gasteiger partial charge in [0.2, 0.25) is 0 Å². The summed E-state index contributed by atoms with van der Waals surface area (Å²) < 4.78 is 0. The lowest BCUT2D eigenvalue weighted by Crippen LogP contribution is -2.35. The van der Waals surface area contributed by atoms with Gasteiger partial charge in [-0.05, 0) is 44.1 Å². The van der Waals surface area contributed by atoms with Gasteiger partial charge in [-0.1, -0.05) is 13.0 Å². The van der Waals surface area contributed by atoms with Crippen LogP contribution in [0.1, 0.15) is 29.3 Å². The zero-order valence-corrected chi connectivity index (χ0v) is 11.9. The molecule has 0 radical (unpaired) electrons. The topological polar surface area (TPSA) is 49.6 Å². The minimum Gasteiger partial charge on any atom is -0.398 e. The van der Waals surface area contributed by atoms with Gasteiger partial charge in [0, 0.05) is 30.9 Å². The first-order valence-corrected chi connectivity index (χ1v) is 6.99. The fourth-order valence-electron chi connectivity index (χ4n) is 2.45. The normalized spacial score (nSPS) is 17.3. The van der Waals surface area contributed by atoms with Gasteiger partial charge in [-0.2, -0.15) is 0 Å². The van der Waals surface area contributed by atoms with Crippen molar-refractivity contribution in [3.05, 3.63) is 29.3 Å². The maximum absolute atomic E-state index is 12.5. The van der Waals surface area contributed by atoms with E-state index in [1.54, 1.807) is 6.07 Å². The van der Waals surface area contributed by atoms with Crippen molar-refractivity contribution in [2.45, 2.75) is 20.3 Å². The van der Waals surface area contributed by atoms with Crippen LogP contribution >= 0.6 is 0 Å².